The number of imidazole rings is 1. The number of benzene rings is 1. The van der Waals surface area contributed by atoms with E-state index in [9.17, 15) is 0 Å². The zero-order chi connectivity index (χ0) is 13.4. The van der Waals surface area contributed by atoms with Gasteiger partial charge in [0.1, 0.15) is 0 Å². The molecule has 4 heteroatoms. The van der Waals surface area contributed by atoms with Gasteiger partial charge < -0.3 is 10.7 Å². The monoisotopic (exact) mass is 256 g/mol. The third-order valence-electron chi connectivity index (χ3n) is 4.10. The summed E-state index contributed by atoms with van der Waals surface area (Å²) in [4.78, 5) is 10.1. The van der Waals surface area contributed by atoms with Gasteiger partial charge in [0.25, 0.3) is 0 Å². The maximum absolute atomic E-state index is 5.91. The number of rotatable bonds is 2. The third-order valence-corrected chi connectivity index (χ3v) is 4.10. The lowest BCUT2D eigenvalue weighted by atomic mass is 9.91. The molecule has 0 fully saturated rings. The molecule has 0 saturated carbocycles. The molecular weight excluding hydrogens is 236 g/mol. The van der Waals surface area contributed by atoms with Crippen LogP contribution >= 0.6 is 0 Å². The Morgan fingerprint density at radius 2 is 2.11 bits per heavy atom. The second kappa shape index (κ2) is 4.79. The molecule has 0 saturated heterocycles. The molecular formula is C15H20N4. The van der Waals surface area contributed by atoms with E-state index < -0.39 is 0 Å². The quantitative estimate of drug-likeness (QED) is 0.858. The summed E-state index contributed by atoms with van der Waals surface area (Å²) < 4.78 is 0. The normalized spacial score (nSPS) is 23.3. The first-order chi connectivity index (χ1) is 9.20. The highest BCUT2D eigenvalue weighted by Crippen LogP contribution is 2.34. The van der Waals surface area contributed by atoms with Gasteiger partial charge in [0.05, 0.1) is 18.1 Å². The van der Waals surface area contributed by atoms with Gasteiger partial charge in [-0.25, -0.2) is 4.98 Å². The molecule has 2 unspecified atom stereocenters. The summed E-state index contributed by atoms with van der Waals surface area (Å²) >= 11 is 0. The van der Waals surface area contributed by atoms with Crippen molar-refractivity contribution in [3.05, 3.63) is 53.1 Å². The summed E-state index contributed by atoms with van der Waals surface area (Å²) in [6.07, 6.45) is 2.74. The van der Waals surface area contributed by atoms with Crippen LogP contribution in [0.1, 0.15) is 28.6 Å². The first-order valence-corrected chi connectivity index (χ1v) is 6.71. The van der Waals surface area contributed by atoms with Crippen LogP contribution in [0.5, 0.6) is 0 Å². The van der Waals surface area contributed by atoms with Gasteiger partial charge in [-0.05, 0) is 19.5 Å². The van der Waals surface area contributed by atoms with E-state index in [0.717, 1.165) is 12.1 Å². The average molecular weight is 256 g/mol. The number of hydrogen-bond acceptors (Lipinski definition) is 3. The minimum absolute atomic E-state index is 0.198. The second-order valence-electron chi connectivity index (χ2n) is 5.34. The Bertz CT molecular complexity index is 558. The van der Waals surface area contributed by atoms with Gasteiger partial charge in [-0.15, -0.1) is 0 Å². The molecule has 1 aromatic carbocycles. The summed E-state index contributed by atoms with van der Waals surface area (Å²) in [5.74, 6) is 0. The van der Waals surface area contributed by atoms with E-state index in [0.29, 0.717) is 12.6 Å². The van der Waals surface area contributed by atoms with Gasteiger partial charge >= 0.3 is 0 Å². The zero-order valence-corrected chi connectivity index (χ0v) is 11.4. The lowest BCUT2D eigenvalue weighted by Gasteiger charge is -2.38. The van der Waals surface area contributed by atoms with Gasteiger partial charge in [-0.1, -0.05) is 29.8 Å². The minimum atomic E-state index is 0.198. The number of nitrogens with zero attached hydrogens (tertiary/aromatic N) is 2. The van der Waals surface area contributed by atoms with Crippen LogP contribution < -0.4 is 5.73 Å². The van der Waals surface area contributed by atoms with Crippen molar-refractivity contribution < 1.29 is 0 Å². The highest BCUT2D eigenvalue weighted by atomic mass is 15.2. The number of nitrogens with two attached hydrogens (primary N) is 1. The fourth-order valence-electron chi connectivity index (χ4n) is 2.91. The van der Waals surface area contributed by atoms with E-state index in [-0.39, 0.29) is 6.04 Å². The number of likely N-dealkylation sites (N-methyl/N-ethyl adjacent to an activating group) is 1. The fraction of sp³-hybridized carbons (Fsp3) is 0.400. The van der Waals surface area contributed by atoms with Crippen molar-refractivity contribution in [2.75, 3.05) is 13.6 Å². The van der Waals surface area contributed by atoms with Gasteiger partial charge in [-0.3, -0.25) is 4.90 Å². The van der Waals surface area contributed by atoms with Crippen LogP contribution in [0.15, 0.2) is 30.6 Å². The van der Waals surface area contributed by atoms with Crippen molar-refractivity contribution >= 4 is 0 Å². The average Bonchev–Trinajstić information content (AvgIpc) is 2.87. The van der Waals surface area contributed by atoms with Crippen LogP contribution in [-0.4, -0.2) is 34.5 Å². The molecule has 2 aromatic rings. The number of aromatic nitrogens is 2. The molecule has 100 valence electrons. The number of hydrogen-bond donors (Lipinski definition) is 2. The number of fused-ring (bicyclic) bond motifs is 1. The Labute approximate surface area is 113 Å². The molecule has 0 bridgehead atoms. The summed E-state index contributed by atoms with van der Waals surface area (Å²) in [5, 5.41) is 0. The predicted octanol–water partition coefficient (Wildman–Crippen LogP) is 1.62. The van der Waals surface area contributed by atoms with Crippen LogP contribution in [0, 0.1) is 6.92 Å². The number of nitrogens with one attached hydrogen (secondary N) is 1. The molecule has 19 heavy (non-hydrogen) atoms. The van der Waals surface area contributed by atoms with E-state index in [1.807, 2.05) is 0 Å². The van der Waals surface area contributed by atoms with Gasteiger partial charge in [0.2, 0.25) is 0 Å². The van der Waals surface area contributed by atoms with Crippen LogP contribution in [0.4, 0.5) is 0 Å². The molecule has 4 nitrogen and oxygen atoms in total. The Kier molecular flexibility index (Phi) is 3.12. The summed E-state index contributed by atoms with van der Waals surface area (Å²) in [7, 11) is 2.14. The van der Waals surface area contributed by atoms with Gasteiger partial charge in [0, 0.05) is 24.7 Å². The molecule has 0 amide bonds. The van der Waals surface area contributed by atoms with E-state index in [1.165, 1.54) is 16.8 Å². The lowest BCUT2D eigenvalue weighted by molar-refractivity contribution is 0.180. The van der Waals surface area contributed by atoms with Crippen molar-refractivity contribution in [3.8, 4) is 0 Å². The standard InChI is InChI=1S/C15H20N4/c1-10-3-5-11(6-4-10)15-14-13(17-9-18-14)7-12(8-16)19(15)2/h3-6,9,12,15H,7-8,16H2,1-2H3,(H,17,18). The summed E-state index contributed by atoms with van der Waals surface area (Å²) in [5.41, 5.74) is 10.8. The molecule has 2 heterocycles. The fourth-order valence-corrected chi connectivity index (χ4v) is 2.91. The molecule has 0 spiro atoms. The Balaban J connectivity index is 2.05. The highest BCUT2D eigenvalue weighted by Gasteiger charge is 2.33. The van der Waals surface area contributed by atoms with Crippen LogP contribution in [-0.2, 0) is 6.42 Å². The number of aryl methyl sites for hydroxylation is 1. The molecule has 1 aliphatic rings. The Hall–Kier alpha value is -1.65. The van der Waals surface area contributed by atoms with Crippen LogP contribution in [0.2, 0.25) is 0 Å². The van der Waals surface area contributed by atoms with E-state index in [4.69, 9.17) is 5.73 Å². The second-order valence-corrected chi connectivity index (χ2v) is 5.34. The largest absolute Gasteiger partial charge is 0.348 e. The zero-order valence-electron chi connectivity index (χ0n) is 11.4. The summed E-state index contributed by atoms with van der Waals surface area (Å²) in [6.45, 7) is 2.77. The Morgan fingerprint density at radius 1 is 1.37 bits per heavy atom. The third kappa shape index (κ3) is 2.07. The minimum Gasteiger partial charge on any atom is -0.348 e. The lowest BCUT2D eigenvalue weighted by Crippen LogP contribution is -2.45. The van der Waals surface area contributed by atoms with Crippen molar-refractivity contribution in [1.29, 1.82) is 0 Å². The topological polar surface area (TPSA) is 57.9 Å². The van der Waals surface area contributed by atoms with Crippen LogP contribution in [0.25, 0.3) is 0 Å². The van der Waals surface area contributed by atoms with Crippen LogP contribution in [0.3, 0.4) is 0 Å². The van der Waals surface area contributed by atoms with Gasteiger partial charge in [-0.2, -0.15) is 0 Å². The number of aromatic amines is 1. The van der Waals surface area contributed by atoms with Crippen molar-refractivity contribution in [1.82, 2.24) is 14.9 Å². The van der Waals surface area contributed by atoms with E-state index in [2.05, 4.69) is 53.1 Å². The molecule has 1 aromatic heterocycles. The highest BCUT2D eigenvalue weighted by molar-refractivity contribution is 5.34. The first kappa shape index (κ1) is 12.4. The predicted molar refractivity (Wildman–Crippen MR) is 75.9 cm³/mol. The Morgan fingerprint density at radius 3 is 2.79 bits per heavy atom. The van der Waals surface area contributed by atoms with Crippen molar-refractivity contribution in [3.63, 3.8) is 0 Å². The molecule has 3 N–H and O–H groups in total. The van der Waals surface area contributed by atoms with E-state index >= 15 is 0 Å². The van der Waals surface area contributed by atoms with E-state index in [1.54, 1.807) is 6.33 Å². The van der Waals surface area contributed by atoms with Crippen molar-refractivity contribution in [2.45, 2.75) is 25.4 Å². The summed E-state index contributed by atoms with van der Waals surface area (Å²) in [6, 6.07) is 9.24. The molecule has 2 atom stereocenters. The maximum Gasteiger partial charge on any atom is 0.0926 e. The van der Waals surface area contributed by atoms with Crippen molar-refractivity contribution in [2.24, 2.45) is 5.73 Å². The van der Waals surface area contributed by atoms with Gasteiger partial charge in [0.15, 0.2) is 0 Å². The first-order valence-electron chi connectivity index (χ1n) is 6.71. The smallest absolute Gasteiger partial charge is 0.0926 e. The molecule has 0 radical (unpaired) electrons. The number of H-pyrrole nitrogens is 1. The maximum atomic E-state index is 5.91. The molecule has 0 aliphatic carbocycles. The SMILES string of the molecule is Cc1ccc(C2c3nc[nH]c3CC(CN)N2C)cc1. The molecule has 3 rings (SSSR count). The molecule has 1 aliphatic heterocycles.